The van der Waals surface area contributed by atoms with Crippen LogP contribution in [0.5, 0.6) is 0 Å². The van der Waals surface area contributed by atoms with Crippen LogP contribution in [0.4, 0.5) is 0 Å². The summed E-state index contributed by atoms with van der Waals surface area (Å²) in [4.78, 5) is 12.0. The van der Waals surface area contributed by atoms with E-state index in [2.05, 4.69) is 5.32 Å². The highest BCUT2D eigenvalue weighted by Crippen LogP contribution is 2.25. The Hall–Kier alpha value is -0.480. The lowest BCUT2D eigenvalue weighted by Crippen LogP contribution is -2.49. The summed E-state index contributed by atoms with van der Waals surface area (Å²) in [5.41, 5.74) is 6.12. The van der Waals surface area contributed by atoms with Crippen molar-refractivity contribution < 1.29 is 4.79 Å². The van der Waals surface area contributed by atoms with Crippen LogP contribution in [-0.4, -0.2) is 18.0 Å². The molecular weight excluding hydrogens is 307 g/mol. The third-order valence-electron chi connectivity index (χ3n) is 3.21. The topological polar surface area (TPSA) is 55.1 Å². The van der Waals surface area contributed by atoms with Gasteiger partial charge in [-0.25, -0.2) is 0 Å². The molecule has 0 bridgehead atoms. The molecule has 0 aliphatic carbocycles. The highest BCUT2D eigenvalue weighted by Gasteiger charge is 2.22. The van der Waals surface area contributed by atoms with E-state index in [1.807, 2.05) is 13.8 Å². The van der Waals surface area contributed by atoms with Gasteiger partial charge in [0.05, 0.1) is 15.6 Å². The van der Waals surface area contributed by atoms with Crippen LogP contribution >= 0.6 is 35.6 Å². The van der Waals surface area contributed by atoms with E-state index in [1.54, 1.807) is 18.2 Å². The van der Waals surface area contributed by atoms with Crippen molar-refractivity contribution in [3.8, 4) is 0 Å². The van der Waals surface area contributed by atoms with Crippen molar-refractivity contribution in [1.29, 1.82) is 0 Å². The largest absolute Gasteiger partial charge is 0.350 e. The Morgan fingerprint density at radius 1 is 1.32 bits per heavy atom. The molecule has 0 aliphatic heterocycles. The van der Waals surface area contributed by atoms with Gasteiger partial charge in [0.25, 0.3) is 5.91 Å². The van der Waals surface area contributed by atoms with Crippen molar-refractivity contribution in [1.82, 2.24) is 5.32 Å². The molecule has 0 atom stereocenters. The van der Waals surface area contributed by atoms with Crippen molar-refractivity contribution in [3.05, 3.63) is 33.8 Å². The van der Waals surface area contributed by atoms with Crippen LogP contribution < -0.4 is 11.1 Å². The molecule has 0 aromatic heterocycles. The monoisotopic (exact) mass is 324 g/mol. The molecule has 108 valence electrons. The summed E-state index contributed by atoms with van der Waals surface area (Å²) < 4.78 is 0. The number of amides is 1. The van der Waals surface area contributed by atoms with Gasteiger partial charge in [-0.1, -0.05) is 43.1 Å². The summed E-state index contributed by atoms with van der Waals surface area (Å²) in [5, 5.41) is 3.44. The van der Waals surface area contributed by atoms with Crippen molar-refractivity contribution >= 4 is 41.5 Å². The van der Waals surface area contributed by atoms with Gasteiger partial charge in [-0.05, 0) is 25.0 Å². The van der Waals surface area contributed by atoms with Gasteiger partial charge in [0.2, 0.25) is 0 Å². The molecule has 0 aliphatic rings. The van der Waals surface area contributed by atoms with Gasteiger partial charge in [-0.15, -0.1) is 12.4 Å². The lowest BCUT2D eigenvalue weighted by Gasteiger charge is -2.26. The van der Waals surface area contributed by atoms with Gasteiger partial charge in [0.15, 0.2) is 0 Å². The maximum absolute atomic E-state index is 12.0. The van der Waals surface area contributed by atoms with Crippen molar-refractivity contribution in [2.45, 2.75) is 32.2 Å². The molecule has 0 radical (unpaired) electrons. The van der Waals surface area contributed by atoms with E-state index in [0.29, 0.717) is 17.1 Å². The first kappa shape index (κ1) is 18.5. The third kappa shape index (κ3) is 4.84. The third-order valence-corrected chi connectivity index (χ3v) is 4.02. The zero-order valence-corrected chi connectivity index (χ0v) is 13.3. The van der Waals surface area contributed by atoms with E-state index in [1.165, 1.54) is 0 Å². The van der Waals surface area contributed by atoms with E-state index < -0.39 is 0 Å². The van der Waals surface area contributed by atoms with Crippen LogP contribution in [0, 0.1) is 0 Å². The summed E-state index contributed by atoms with van der Waals surface area (Å²) in [6, 6.07) is 4.98. The summed E-state index contributed by atoms with van der Waals surface area (Å²) in [5.74, 6) is -0.251. The molecule has 0 heterocycles. The summed E-state index contributed by atoms with van der Waals surface area (Å²) in [6.07, 6.45) is 1.60. The summed E-state index contributed by atoms with van der Waals surface area (Å²) >= 11 is 11.8. The van der Waals surface area contributed by atoms with Gasteiger partial charge in [-0.2, -0.15) is 0 Å². The van der Waals surface area contributed by atoms with Crippen LogP contribution in [0.25, 0.3) is 0 Å². The Balaban J connectivity index is 0.00000324. The van der Waals surface area contributed by atoms with Crippen molar-refractivity contribution in [2.24, 2.45) is 5.73 Å². The minimum atomic E-state index is -0.374. The molecule has 1 aromatic rings. The number of halogens is 3. The first-order valence-electron chi connectivity index (χ1n) is 5.94. The Morgan fingerprint density at radius 2 is 1.89 bits per heavy atom. The Kier molecular flexibility index (Phi) is 7.75. The predicted molar refractivity (Wildman–Crippen MR) is 83.5 cm³/mol. The minimum Gasteiger partial charge on any atom is -0.350 e. The lowest BCUT2D eigenvalue weighted by atomic mass is 9.94. The SMILES string of the molecule is CCC(N)(CC)CNC(=O)c1cccc(Cl)c1Cl.Cl. The van der Waals surface area contributed by atoms with Gasteiger partial charge in [0.1, 0.15) is 0 Å². The average molecular weight is 326 g/mol. The summed E-state index contributed by atoms with van der Waals surface area (Å²) in [7, 11) is 0. The Morgan fingerprint density at radius 3 is 2.42 bits per heavy atom. The second kappa shape index (κ2) is 7.95. The van der Waals surface area contributed by atoms with E-state index in [9.17, 15) is 4.79 Å². The first-order valence-corrected chi connectivity index (χ1v) is 6.70. The molecule has 0 saturated carbocycles. The first-order chi connectivity index (χ1) is 8.43. The number of hydrogen-bond donors (Lipinski definition) is 2. The molecule has 3 nitrogen and oxygen atoms in total. The van der Waals surface area contributed by atoms with E-state index >= 15 is 0 Å². The second-order valence-electron chi connectivity index (χ2n) is 4.35. The number of rotatable bonds is 5. The smallest absolute Gasteiger partial charge is 0.252 e. The molecule has 0 spiro atoms. The van der Waals surface area contributed by atoms with Crippen LogP contribution in [-0.2, 0) is 0 Å². The van der Waals surface area contributed by atoms with E-state index in [0.717, 1.165) is 12.8 Å². The van der Waals surface area contributed by atoms with Crippen LogP contribution in [0.2, 0.25) is 10.0 Å². The normalized spacial score (nSPS) is 10.8. The molecule has 6 heteroatoms. The van der Waals surface area contributed by atoms with Crippen LogP contribution in [0.15, 0.2) is 18.2 Å². The molecule has 1 amide bonds. The number of carbonyl (C=O) groups is 1. The Bertz CT molecular complexity index is 434. The molecule has 1 aromatic carbocycles. The summed E-state index contributed by atoms with van der Waals surface area (Å²) in [6.45, 7) is 4.42. The average Bonchev–Trinajstić information content (AvgIpc) is 2.39. The number of benzene rings is 1. The van der Waals surface area contributed by atoms with Crippen LogP contribution in [0.3, 0.4) is 0 Å². The standard InChI is InChI=1S/C13H18Cl2N2O.ClH/c1-3-13(16,4-2)8-17-12(18)9-6-5-7-10(14)11(9)15;/h5-7H,3-4,8,16H2,1-2H3,(H,17,18);1H. The molecule has 0 unspecified atom stereocenters. The van der Waals surface area contributed by atoms with Crippen LogP contribution in [0.1, 0.15) is 37.0 Å². The number of carbonyl (C=O) groups excluding carboxylic acids is 1. The highest BCUT2D eigenvalue weighted by atomic mass is 35.5. The highest BCUT2D eigenvalue weighted by molar-refractivity contribution is 6.43. The zero-order chi connectivity index (χ0) is 13.8. The van der Waals surface area contributed by atoms with Crippen molar-refractivity contribution in [2.75, 3.05) is 6.54 Å². The van der Waals surface area contributed by atoms with E-state index in [4.69, 9.17) is 28.9 Å². The number of nitrogens with one attached hydrogen (secondary N) is 1. The number of hydrogen-bond acceptors (Lipinski definition) is 2. The van der Waals surface area contributed by atoms with Gasteiger partial charge in [0, 0.05) is 12.1 Å². The predicted octanol–water partition coefficient (Wildman–Crippen LogP) is 3.66. The maximum atomic E-state index is 12.0. The minimum absolute atomic E-state index is 0. The molecular formula is C13H19Cl3N2O. The number of nitrogens with two attached hydrogens (primary N) is 1. The quantitative estimate of drug-likeness (QED) is 0.868. The molecule has 19 heavy (non-hydrogen) atoms. The molecule has 0 saturated heterocycles. The fraction of sp³-hybridized carbons (Fsp3) is 0.462. The maximum Gasteiger partial charge on any atom is 0.252 e. The molecule has 1 rings (SSSR count). The molecule has 3 N–H and O–H groups in total. The van der Waals surface area contributed by atoms with Gasteiger partial charge < -0.3 is 11.1 Å². The fourth-order valence-corrected chi connectivity index (χ4v) is 1.92. The van der Waals surface area contributed by atoms with E-state index in [-0.39, 0.29) is 28.9 Å². The van der Waals surface area contributed by atoms with Gasteiger partial charge >= 0.3 is 0 Å². The lowest BCUT2D eigenvalue weighted by molar-refractivity contribution is 0.0942. The second-order valence-corrected chi connectivity index (χ2v) is 5.14. The molecule has 0 fully saturated rings. The fourth-order valence-electron chi connectivity index (χ4n) is 1.53. The van der Waals surface area contributed by atoms with Crippen molar-refractivity contribution in [3.63, 3.8) is 0 Å². The zero-order valence-electron chi connectivity index (χ0n) is 11.0. The van der Waals surface area contributed by atoms with Gasteiger partial charge in [-0.3, -0.25) is 4.79 Å². The Labute approximate surface area is 130 Å².